The third-order valence-electron chi connectivity index (χ3n) is 4.35. The predicted molar refractivity (Wildman–Crippen MR) is 91.6 cm³/mol. The van der Waals surface area contributed by atoms with E-state index >= 15 is 0 Å². The van der Waals surface area contributed by atoms with Gasteiger partial charge in [0.25, 0.3) is 0 Å². The van der Waals surface area contributed by atoms with E-state index < -0.39 is 21.7 Å². The van der Waals surface area contributed by atoms with Crippen molar-refractivity contribution in [2.24, 2.45) is 0 Å². The van der Waals surface area contributed by atoms with Gasteiger partial charge in [0.05, 0.1) is 4.90 Å². The average molecular weight is 366 g/mol. The fourth-order valence-electron chi connectivity index (χ4n) is 2.98. The lowest BCUT2D eigenvalue weighted by Gasteiger charge is -2.34. The zero-order chi connectivity index (χ0) is 18.0. The first-order valence-corrected chi connectivity index (χ1v) is 9.53. The van der Waals surface area contributed by atoms with Crippen molar-refractivity contribution < 1.29 is 17.2 Å². The number of halogens is 2. The van der Waals surface area contributed by atoms with Crippen molar-refractivity contribution in [3.8, 4) is 0 Å². The lowest BCUT2D eigenvalue weighted by Crippen LogP contribution is -2.48. The Bertz CT molecular complexity index is 863. The summed E-state index contributed by atoms with van der Waals surface area (Å²) in [6.45, 7) is 4.64. The molecule has 0 unspecified atom stereocenters. The van der Waals surface area contributed by atoms with Gasteiger partial charge in [0, 0.05) is 32.7 Å². The summed E-state index contributed by atoms with van der Waals surface area (Å²) in [5, 5.41) is 0. The van der Waals surface area contributed by atoms with Crippen molar-refractivity contribution in [2.75, 3.05) is 26.2 Å². The van der Waals surface area contributed by atoms with Gasteiger partial charge in [-0.15, -0.1) is 0 Å². The maximum atomic E-state index is 13.3. The minimum Gasteiger partial charge on any atom is -0.296 e. The van der Waals surface area contributed by atoms with Crippen molar-refractivity contribution in [2.45, 2.75) is 18.4 Å². The van der Waals surface area contributed by atoms with Gasteiger partial charge >= 0.3 is 0 Å². The maximum Gasteiger partial charge on any atom is 0.243 e. The van der Waals surface area contributed by atoms with Crippen LogP contribution < -0.4 is 0 Å². The first kappa shape index (κ1) is 18.0. The molecule has 0 aliphatic carbocycles. The zero-order valence-corrected chi connectivity index (χ0v) is 14.8. The summed E-state index contributed by atoms with van der Waals surface area (Å²) in [7, 11) is -3.80. The van der Waals surface area contributed by atoms with Crippen molar-refractivity contribution in [1.82, 2.24) is 9.21 Å². The summed E-state index contributed by atoms with van der Waals surface area (Å²) in [4.78, 5) is 1.98. The molecule has 0 radical (unpaired) electrons. The van der Waals surface area contributed by atoms with Gasteiger partial charge in [-0.3, -0.25) is 4.90 Å². The van der Waals surface area contributed by atoms with Gasteiger partial charge in [-0.2, -0.15) is 4.31 Å². The summed E-state index contributed by atoms with van der Waals surface area (Å²) >= 11 is 0. The maximum absolute atomic E-state index is 13.3. The lowest BCUT2D eigenvalue weighted by atomic mass is 10.1. The molecule has 0 spiro atoms. The Morgan fingerprint density at radius 2 is 1.68 bits per heavy atom. The second-order valence-electron chi connectivity index (χ2n) is 6.25. The molecule has 1 aliphatic heterocycles. The number of nitrogens with zero attached hydrogens (tertiary/aromatic N) is 2. The van der Waals surface area contributed by atoms with Crippen LogP contribution in [-0.4, -0.2) is 43.8 Å². The normalized spacial score (nSPS) is 16.9. The number of piperazine rings is 1. The van der Waals surface area contributed by atoms with Gasteiger partial charge in [-0.1, -0.05) is 29.8 Å². The van der Waals surface area contributed by atoms with Crippen LogP contribution in [0.2, 0.25) is 0 Å². The molecular weight excluding hydrogens is 346 g/mol. The standard InChI is InChI=1S/C18H20F2N2O2S/c1-14-3-2-4-15(11-14)13-21-7-9-22(10-8-21)25(23,24)16-5-6-17(19)18(20)12-16/h2-6,11-12H,7-10,13H2,1H3. The SMILES string of the molecule is Cc1cccc(CN2CCN(S(=O)(=O)c3ccc(F)c(F)c3)CC2)c1. The second kappa shape index (κ2) is 7.19. The monoisotopic (exact) mass is 366 g/mol. The topological polar surface area (TPSA) is 40.6 Å². The molecule has 3 rings (SSSR count). The molecule has 25 heavy (non-hydrogen) atoms. The average Bonchev–Trinajstić information content (AvgIpc) is 2.58. The van der Waals surface area contributed by atoms with Crippen LogP contribution in [-0.2, 0) is 16.6 Å². The quantitative estimate of drug-likeness (QED) is 0.836. The molecule has 2 aromatic rings. The van der Waals surface area contributed by atoms with Crippen LogP contribution in [0, 0.1) is 18.6 Å². The van der Waals surface area contributed by atoms with E-state index in [1.165, 1.54) is 15.4 Å². The number of sulfonamides is 1. The molecule has 0 saturated carbocycles. The number of aryl methyl sites for hydroxylation is 1. The van der Waals surface area contributed by atoms with Gasteiger partial charge < -0.3 is 0 Å². The lowest BCUT2D eigenvalue weighted by molar-refractivity contribution is 0.181. The van der Waals surface area contributed by atoms with E-state index in [4.69, 9.17) is 0 Å². The first-order chi connectivity index (χ1) is 11.9. The summed E-state index contributed by atoms with van der Waals surface area (Å²) in [6, 6.07) is 10.9. The van der Waals surface area contributed by atoms with Crippen LogP contribution in [0.1, 0.15) is 11.1 Å². The van der Waals surface area contributed by atoms with Crippen molar-refractivity contribution in [1.29, 1.82) is 0 Å². The van der Waals surface area contributed by atoms with E-state index in [2.05, 4.69) is 17.0 Å². The van der Waals surface area contributed by atoms with E-state index in [-0.39, 0.29) is 4.90 Å². The van der Waals surface area contributed by atoms with Crippen LogP contribution in [0.3, 0.4) is 0 Å². The zero-order valence-electron chi connectivity index (χ0n) is 14.0. The minimum absolute atomic E-state index is 0.210. The van der Waals surface area contributed by atoms with Crippen LogP contribution in [0.25, 0.3) is 0 Å². The number of rotatable bonds is 4. The summed E-state index contributed by atoms with van der Waals surface area (Å²) in [6.07, 6.45) is 0. The van der Waals surface area contributed by atoms with E-state index in [1.807, 2.05) is 19.1 Å². The highest BCUT2D eigenvalue weighted by Crippen LogP contribution is 2.20. The largest absolute Gasteiger partial charge is 0.296 e. The van der Waals surface area contributed by atoms with Gasteiger partial charge in [0.15, 0.2) is 11.6 Å². The van der Waals surface area contributed by atoms with E-state index in [0.29, 0.717) is 26.2 Å². The number of benzene rings is 2. The third kappa shape index (κ3) is 4.05. The number of hydrogen-bond acceptors (Lipinski definition) is 3. The Labute approximate surface area is 146 Å². The van der Waals surface area contributed by atoms with Gasteiger partial charge in [-0.25, -0.2) is 17.2 Å². The van der Waals surface area contributed by atoms with E-state index in [0.717, 1.165) is 24.7 Å². The highest BCUT2D eigenvalue weighted by molar-refractivity contribution is 7.89. The van der Waals surface area contributed by atoms with Crippen LogP contribution in [0.5, 0.6) is 0 Å². The van der Waals surface area contributed by atoms with E-state index in [1.54, 1.807) is 0 Å². The molecule has 4 nitrogen and oxygen atoms in total. The molecule has 0 amide bonds. The molecule has 0 aromatic heterocycles. The summed E-state index contributed by atoms with van der Waals surface area (Å²) in [5.74, 6) is -2.21. The fraction of sp³-hybridized carbons (Fsp3) is 0.333. The second-order valence-corrected chi connectivity index (χ2v) is 8.18. The van der Waals surface area contributed by atoms with Crippen molar-refractivity contribution >= 4 is 10.0 Å². The van der Waals surface area contributed by atoms with Crippen LogP contribution in [0.15, 0.2) is 47.4 Å². The Morgan fingerprint density at radius 3 is 2.32 bits per heavy atom. The molecule has 0 N–H and O–H groups in total. The molecule has 1 fully saturated rings. The van der Waals surface area contributed by atoms with Crippen LogP contribution >= 0.6 is 0 Å². The summed E-state index contributed by atoms with van der Waals surface area (Å²) in [5.41, 5.74) is 2.38. The summed E-state index contributed by atoms with van der Waals surface area (Å²) < 4.78 is 52.9. The molecule has 134 valence electrons. The number of hydrogen-bond donors (Lipinski definition) is 0. The smallest absolute Gasteiger partial charge is 0.243 e. The minimum atomic E-state index is -3.80. The third-order valence-corrected chi connectivity index (χ3v) is 6.24. The van der Waals surface area contributed by atoms with Crippen molar-refractivity contribution in [3.63, 3.8) is 0 Å². The van der Waals surface area contributed by atoms with Gasteiger partial charge in [0.1, 0.15) is 0 Å². The Kier molecular flexibility index (Phi) is 5.17. The molecule has 1 aliphatic rings. The van der Waals surface area contributed by atoms with Gasteiger partial charge in [0.2, 0.25) is 10.0 Å². The van der Waals surface area contributed by atoms with Crippen molar-refractivity contribution in [3.05, 3.63) is 65.2 Å². The molecule has 1 heterocycles. The van der Waals surface area contributed by atoms with Crippen LogP contribution in [0.4, 0.5) is 8.78 Å². The van der Waals surface area contributed by atoms with Gasteiger partial charge in [-0.05, 0) is 30.7 Å². The highest BCUT2D eigenvalue weighted by atomic mass is 32.2. The molecule has 0 atom stereocenters. The molecular formula is C18H20F2N2O2S. The molecule has 1 saturated heterocycles. The Morgan fingerprint density at radius 1 is 0.960 bits per heavy atom. The Hall–Kier alpha value is -1.83. The Balaban J connectivity index is 1.66. The fourth-order valence-corrected chi connectivity index (χ4v) is 4.42. The first-order valence-electron chi connectivity index (χ1n) is 8.09. The molecule has 0 bridgehead atoms. The molecule has 2 aromatic carbocycles. The predicted octanol–water partition coefficient (Wildman–Crippen LogP) is 2.78. The van der Waals surface area contributed by atoms with E-state index in [9.17, 15) is 17.2 Å². The highest BCUT2D eigenvalue weighted by Gasteiger charge is 2.29. The molecule has 7 heteroatoms.